The third-order valence-corrected chi connectivity index (χ3v) is 4.76. The quantitative estimate of drug-likeness (QED) is 0.902. The predicted octanol–water partition coefficient (Wildman–Crippen LogP) is 1.76. The first-order valence-electron chi connectivity index (χ1n) is 7.39. The average Bonchev–Trinajstić information content (AvgIpc) is 2.96. The molecule has 3 fully saturated rings. The van der Waals surface area contributed by atoms with Crippen LogP contribution < -0.4 is 5.32 Å². The van der Waals surface area contributed by atoms with Crippen LogP contribution in [0.25, 0.3) is 5.52 Å². The van der Waals surface area contributed by atoms with E-state index in [1.54, 1.807) is 0 Å². The van der Waals surface area contributed by atoms with E-state index < -0.39 is 0 Å². The molecule has 2 bridgehead atoms. The summed E-state index contributed by atoms with van der Waals surface area (Å²) in [5, 5.41) is 3.23. The Morgan fingerprint density at radius 1 is 1.20 bits per heavy atom. The normalized spacial score (nSPS) is 28.7. The summed E-state index contributed by atoms with van der Waals surface area (Å²) in [6.07, 6.45) is 6.39. The zero-order chi connectivity index (χ0) is 13.5. The summed E-state index contributed by atoms with van der Waals surface area (Å²) in [7, 11) is 0. The molecule has 3 aliphatic heterocycles. The number of nitrogens with one attached hydrogen (secondary N) is 1. The van der Waals surface area contributed by atoms with Crippen molar-refractivity contribution in [3.8, 4) is 0 Å². The second kappa shape index (κ2) is 4.63. The van der Waals surface area contributed by atoms with Crippen molar-refractivity contribution in [1.82, 2.24) is 14.6 Å². The van der Waals surface area contributed by atoms with Crippen LogP contribution in [0.3, 0.4) is 0 Å². The lowest BCUT2D eigenvalue weighted by molar-refractivity contribution is 0.0620. The molecule has 1 N–H and O–H groups in total. The first-order chi connectivity index (χ1) is 9.79. The predicted molar refractivity (Wildman–Crippen MR) is 77.8 cm³/mol. The zero-order valence-electron chi connectivity index (χ0n) is 11.5. The van der Waals surface area contributed by atoms with Crippen LogP contribution in [0, 0.1) is 5.92 Å². The van der Waals surface area contributed by atoms with Crippen LogP contribution in [-0.2, 0) is 0 Å². The average molecular weight is 269 g/mol. The van der Waals surface area contributed by atoms with Crippen molar-refractivity contribution in [2.75, 3.05) is 19.6 Å². The van der Waals surface area contributed by atoms with Gasteiger partial charge in [-0.25, -0.2) is 0 Å². The smallest absolute Gasteiger partial charge is 0.251 e. The van der Waals surface area contributed by atoms with Gasteiger partial charge in [0.2, 0.25) is 0 Å². The Morgan fingerprint density at radius 3 is 2.80 bits per heavy atom. The molecule has 1 unspecified atom stereocenters. The summed E-state index contributed by atoms with van der Waals surface area (Å²) in [6, 6.07) is 8.18. The highest BCUT2D eigenvalue weighted by atomic mass is 16.1. The summed E-state index contributed by atoms with van der Waals surface area (Å²) < 4.78 is 2.02. The highest BCUT2D eigenvalue weighted by Gasteiger charge is 2.34. The van der Waals surface area contributed by atoms with Crippen molar-refractivity contribution in [3.05, 3.63) is 42.2 Å². The molecular formula is C16H19N3O. The zero-order valence-corrected chi connectivity index (χ0v) is 11.5. The molecule has 0 spiro atoms. The van der Waals surface area contributed by atoms with E-state index in [4.69, 9.17) is 0 Å². The lowest BCUT2D eigenvalue weighted by Gasteiger charge is -2.44. The van der Waals surface area contributed by atoms with Crippen molar-refractivity contribution in [3.63, 3.8) is 0 Å². The lowest BCUT2D eigenvalue weighted by atomic mass is 9.84. The van der Waals surface area contributed by atoms with Crippen LogP contribution >= 0.6 is 0 Å². The fraction of sp³-hybridized carbons (Fsp3) is 0.438. The fourth-order valence-electron chi connectivity index (χ4n) is 3.55. The second-order valence-corrected chi connectivity index (χ2v) is 5.97. The number of nitrogens with zero attached hydrogens (tertiary/aromatic N) is 2. The number of rotatable bonds is 2. The molecule has 0 aliphatic carbocycles. The van der Waals surface area contributed by atoms with Crippen LogP contribution in [0.1, 0.15) is 23.2 Å². The maximum absolute atomic E-state index is 12.4. The van der Waals surface area contributed by atoms with Crippen LogP contribution in [0.2, 0.25) is 0 Å². The summed E-state index contributed by atoms with van der Waals surface area (Å²) in [6.45, 7) is 3.42. The largest absolute Gasteiger partial charge is 0.348 e. The van der Waals surface area contributed by atoms with Crippen LogP contribution in [0.4, 0.5) is 0 Å². The number of hydrogen-bond acceptors (Lipinski definition) is 2. The minimum Gasteiger partial charge on any atom is -0.348 e. The van der Waals surface area contributed by atoms with Gasteiger partial charge in [0.25, 0.3) is 5.91 Å². The second-order valence-electron chi connectivity index (χ2n) is 5.97. The van der Waals surface area contributed by atoms with Crippen LogP contribution in [0.5, 0.6) is 0 Å². The van der Waals surface area contributed by atoms with Gasteiger partial charge in [-0.1, -0.05) is 0 Å². The Morgan fingerprint density at radius 2 is 2.05 bits per heavy atom. The highest BCUT2D eigenvalue weighted by Crippen LogP contribution is 2.27. The van der Waals surface area contributed by atoms with E-state index in [1.165, 1.54) is 25.9 Å². The Labute approximate surface area is 118 Å². The fourth-order valence-corrected chi connectivity index (χ4v) is 3.55. The van der Waals surface area contributed by atoms with E-state index in [0.717, 1.165) is 17.6 Å². The number of hydrogen-bond donors (Lipinski definition) is 1. The number of carbonyl (C=O) groups excluding carboxylic acids is 1. The van der Waals surface area contributed by atoms with Gasteiger partial charge >= 0.3 is 0 Å². The van der Waals surface area contributed by atoms with Crippen molar-refractivity contribution >= 4 is 11.4 Å². The minimum atomic E-state index is 0.0625. The number of amides is 1. The lowest BCUT2D eigenvalue weighted by Crippen LogP contribution is -2.57. The summed E-state index contributed by atoms with van der Waals surface area (Å²) in [4.78, 5) is 14.9. The van der Waals surface area contributed by atoms with E-state index >= 15 is 0 Å². The maximum Gasteiger partial charge on any atom is 0.251 e. The van der Waals surface area contributed by atoms with Crippen molar-refractivity contribution < 1.29 is 4.79 Å². The molecule has 2 aromatic heterocycles. The van der Waals surface area contributed by atoms with Gasteiger partial charge in [0.1, 0.15) is 0 Å². The van der Waals surface area contributed by atoms with Gasteiger partial charge in [0.05, 0.1) is 0 Å². The number of pyridine rings is 1. The molecule has 104 valence electrons. The molecule has 1 atom stereocenters. The highest BCUT2D eigenvalue weighted by molar-refractivity contribution is 5.95. The van der Waals surface area contributed by atoms with Crippen LogP contribution in [0.15, 0.2) is 36.7 Å². The number of fused-ring (bicyclic) bond motifs is 4. The summed E-state index contributed by atoms with van der Waals surface area (Å²) >= 11 is 0. The van der Waals surface area contributed by atoms with E-state index in [9.17, 15) is 4.79 Å². The molecule has 3 aliphatic rings. The third kappa shape index (κ3) is 2.00. The van der Waals surface area contributed by atoms with Crippen molar-refractivity contribution in [2.24, 2.45) is 5.92 Å². The molecule has 5 heterocycles. The molecule has 0 saturated carbocycles. The van der Waals surface area contributed by atoms with Gasteiger partial charge in [-0.2, -0.15) is 0 Å². The molecule has 2 aromatic rings. The van der Waals surface area contributed by atoms with Gasteiger partial charge in [-0.05, 0) is 56.1 Å². The van der Waals surface area contributed by atoms with Crippen molar-refractivity contribution in [1.29, 1.82) is 0 Å². The van der Waals surface area contributed by atoms with Gasteiger partial charge in [-0.3, -0.25) is 4.79 Å². The van der Waals surface area contributed by atoms with E-state index in [1.807, 2.05) is 41.1 Å². The SMILES string of the molecule is O=C(NC1CN2CCC1CC2)c1ccn2cccc2c1. The Bertz CT molecular complexity index is 640. The first kappa shape index (κ1) is 12.0. The Balaban J connectivity index is 1.52. The standard InChI is InChI=1S/C16H19N3O/c20-16(13-5-9-19-6-1-2-14(19)10-13)17-15-11-18-7-3-12(15)4-8-18/h1-2,5-6,9-10,12,15H,3-4,7-8,11H2,(H,17,20). The minimum absolute atomic E-state index is 0.0625. The van der Waals surface area contributed by atoms with Gasteiger partial charge in [0, 0.05) is 36.1 Å². The molecule has 4 nitrogen and oxygen atoms in total. The van der Waals surface area contributed by atoms with Crippen molar-refractivity contribution in [2.45, 2.75) is 18.9 Å². The van der Waals surface area contributed by atoms with Crippen LogP contribution in [-0.4, -0.2) is 40.9 Å². The molecule has 4 heteroatoms. The van der Waals surface area contributed by atoms with E-state index in [2.05, 4.69) is 10.2 Å². The molecule has 20 heavy (non-hydrogen) atoms. The molecule has 0 radical (unpaired) electrons. The van der Waals surface area contributed by atoms with E-state index in [0.29, 0.717) is 12.0 Å². The summed E-state index contributed by atoms with van der Waals surface area (Å²) in [5.74, 6) is 0.730. The van der Waals surface area contributed by atoms with Gasteiger partial charge in [0.15, 0.2) is 0 Å². The monoisotopic (exact) mass is 269 g/mol. The third-order valence-electron chi connectivity index (χ3n) is 4.76. The molecular weight excluding hydrogens is 250 g/mol. The summed E-state index contributed by atoms with van der Waals surface area (Å²) in [5.41, 5.74) is 1.82. The number of carbonyl (C=O) groups is 1. The Kier molecular flexibility index (Phi) is 2.77. The van der Waals surface area contributed by atoms with Gasteiger partial charge in [-0.15, -0.1) is 0 Å². The molecule has 0 aromatic carbocycles. The molecule has 3 saturated heterocycles. The maximum atomic E-state index is 12.4. The molecule has 5 rings (SSSR count). The van der Waals surface area contributed by atoms with E-state index in [-0.39, 0.29) is 5.91 Å². The Hall–Kier alpha value is -1.81. The van der Waals surface area contributed by atoms with Gasteiger partial charge < -0.3 is 14.6 Å². The number of piperidine rings is 3. The first-order valence-corrected chi connectivity index (χ1v) is 7.39. The molecule has 1 amide bonds. The number of aromatic nitrogens is 1. The topological polar surface area (TPSA) is 36.8 Å².